The molecule has 2 atom stereocenters. The fourth-order valence-electron chi connectivity index (χ4n) is 1.19. The van der Waals surface area contributed by atoms with Crippen molar-refractivity contribution in [3.05, 3.63) is 0 Å². The average Bonchev–Trinajstić information content (AvgIpc) is 2.33. The number of hydrogen-bond donors (Lipinski definition) is 3. The summed E-state index contributed by atoms with van der Waals surface area (Å²) >= 11 is 0. The number of nitrogens with one attached hydrogen (secondary N) is 2. The van der Waals surface area contributed by atoms with Gasteiger partial charge in [-0.05, 0) is 19.3 Å². The molecule has 0 fully saturated rings. The van der Waals surface area contributed by atoms with Crippen LogP contribution in [0.1, 0.15) is 33.6 Å². The summed E-state index contributed by atoms with van der Waals surface area (Å²) < 4.78 is 4.42. The number of esters is 1. The third-order valence-corrected chi connectivity index (χ3v) is 2.83. The maximum Gasteiger partial charge on any atom is 0.326 e. The van der Waals surface area contributed by atoms with Crippen LogP contribution in [0.15, 0.2) is 0 Å². The Morgan fingerprint density at radius 3 is 2.16 bits per heavy atom. The standard InChI is InChI=1S/C12H22N2O5/c1-7(2)8(3)13-12(18)14-9(11(16)17)5-6-10(15)19-4/h7-9H,5-6H2,1-4H3,(H,16,17)(H2,13,14,18)/t8?,9-/m0/s1. The minimum atomic E-state index is -1.18. The summed E-state index contributed by atoms with van der Waals surface area (Å²) in [7, 11) is 1.22. The molecule has 110 valence electrons. The van der Waals surface area contributed by atoms with Crippen molar-refractivity contribution in [3.8, 4) is 0 Å². The molecule has 7 nitrogen and oxygen atoms in total. The molecule has 0 aliphatic rings. The minimum absolute atomic E-state index is 0.00845. The lowest BCUT2D eigenvalue weighted by molar-refractivity contribution is -0.142. The quantitative estimate of drug-likeness (QED) is 0.594. The molecule has 19 heavy (non-hydrogen) atoms. The van der Waals surface area contributed by atoms with Crippen molar-refractivity contribution < 1.29 is 24.2 Å². The number of carbonyl (C=O) groups excluding carboxylic acids is 2. The molecule has 0 aromatic carbocycles. The number of carboxylic acids is 1. The van der Waals surface area contributed by atoms with Crippen molar-refractivity contribution >= 4 is 18.0 Å². The number of amides is 2. The molecule has 3 N–H and O–H groups in total. The fraction of sp³-hybridized carbons (Fsp3) is 0.750. The van der Waals surface area contributed by atoms with E-state index in [1.165, 1.54) is 7.11 Å². The Morgan fingerprint density at radius 1 is 1.16 bits per heavy atom. The van der Waals surface area contributed by atoms with Crippen LogP contribution in [0, 0.1) is 5.92 Å². The number of urea groups is 1. The van der Waals surface area contributed by atoms with Gasteiger partial charge in [-0.2, -0.15) is 0 Å². The minimum Gasteiger partial charge on any atom is -0.480 e. The van der Waals surface area contributed by atoms with Crippen molar-refractivity contribution in [2.24, 2.45) is 5.92 Å². The number of aliphatic carboxylic acids is 1. The highest BCUT2D eigenvalue weighted by Gasteiger charge is 2.22. The summed E-state index contributed by atoms with van der Waals surface area (Å²) in [5.41, 5.74) is 0. The highest BCUT2D eigenvalue weighted by Crippen LogP contribution is 2.02. The van der Waals surface area contributed by atoms with Gasteiger partial charge in [0.05, 0.1) is 7.11 Å². The molecular formula is C12H22N2O5. The number of methoxy groups -OCH3 is 1. The third-order valence-electron chi connectivity index (χ3n) is 2.83. The Morgan fingerprint density at radius 2 is 1.74 bits per heavy atom. The van der Waals surface area contributed by atoms with Crippen molar-refractivity contribution in [2.75, 3.05) is 7.11 Å². The number of rotatable bonds is 7. The topological polar surface area (TPSA) is 105 Å². The van der Waals surface area contributed by atoms with Crippen LogP contribution < -0.4 is 10.6 Å². The zero-order valence-corrected chi connectivity index (χ0v) is 11.7. The Kier molecular flexibility index (Phi) is 7.55. The zero-order chi connectivity index (χ0) is 15.0. The molecule has 0 aromatic rings. The Labute approximate surface area is 112 Å². The molecule has 0 aliphatic carbocycles. The van der Waals surface area contributed by atoms with Gasteiger partial charge >= 0.3 is 18.0 Å². The van der Waals surface area contributed by atoms with E-state index in [9.17, 15) is 14.4 Å². The van der Waals surface area contributed by atoms with E-state index in [0.717, 1.165) is 0 Å². The maximum absolute atomic E-state index is 11.6. The molecule has 2 amide bonds. The van der Waals surface area contributed by atoms with Gasteiger partial charge in [-0.3, -0.25) is 4.79 Å². The monoisotopic (exact) mass is 274 g/mol. The molecule has 1 unspecified atom stereocenters. The first-order chi connectivity index (χ1) is 8.77. The molecule has 0 aromatic heterocycles. The van der Waals surface area contributed by atoms with Crippen LogP contribution in [0.5, 0.6) is 0 Å². The third kappa shape index (κ3) is 7.28. The summed E-state index contributed by atoms with van der Waals surface area (Å²) in [6, 6.07) is -1.74. The Balaban J connectivity index is 4.30. The van der Waals surface area contributed by atoms with Gasteiger partial charge < -0.3 is 20.5 Å². The van der Waals surface area contributed by atoms with Gasteiger partial charge in [-0.25, -0.2) is 9.59 Å². The molecular weight excluding hydrogens is 252 g/mol. The molecule has 0 radical (unpaired) electrons. The van der Waals surface area contributed by atoms with Crippen molar-refractivity contribution in [3.63, 3.8) is 0 Å². The normalized spacial score (nSPS) is 13.5. The van der Waals surface area contributed by atoms with Crippen LogP contribution in [0.2, 0.25) is 0 Å². The van der Waals surface area contributed by atoms with E-state index >= 15 is 0 Å². The predicted octanol–water partition coefficient (Wildman–Crippen LogP) is 0.737. The van der Waals surface area contributed by atoms with E-state index in [1.54, 1.807) is 0 Å². The SMILES string of the molecule is COC(=O)CC[C@H](NC(=O)NC(C)C(C)C)C(=O)O. The lowest BCUT2D eigenvalue weighted by Gasteiger charge is -2.20. The molecule has 0 bridgehead atoms. The van der Waals surface area contributed by atoms with E-state index < -0.39 is 24.0 Å². The van der Waals surface area contributed by atoms with E-state index in [1.807, 2.05) is 20.8 Å². The molecule has 7 heteroatoms. The molecule has 0 heterocycles. The molecule has 0 saturated carbocycles. The van der Waals surface area contributed by atoms with E-state index in [2.05, 4.69) is 15.4 Å². The largest absolute Gasteiger partial charge is 0.480 e. The fourth-order valence-corrected chi connectivity index (χ4v) is 1.19. The average molecular weight is 274 g/mol. The second kappa shape index (κ2) is 8.34. The lowest BCUT2D eigenvalue weighted by atomic mass is 10.1. The Bertz CT molecular complexity index is 330. The Hall–Kier alpha value is -1.79. The van der Waals surface area contributed by atoms with Crippen LogP contribution in [0.4, 0.5) is 4.79 Å². The van der Waals surface area contributed by atoms with Gasteiger partial charge in [0.2, 0.25) is 0 Å². The number of hydrogen-bond acceptors (Lipinski definition) is 4. The van der Waals surface area contributed by atoms with Crippen molar-refractivity contribution in [1.82, 2.24) is 10.6 Å². The van der Waals surface area contributed by atoms with Crippen LogP contribution in [0.25, 0.3) is 0 Å². The molecule has 0 aliphatic heterocycles. The van der Waals surface area contributed by atoms with Gasteiger partial charge in [-0.15, -0.1) is 0 Å². The van der Waals surface area contributed by atoms with Crippen LogP contribution in [-0.4, -0.2) is 42.3 Å². The maximum atomic E-state index is 11.6. The van der Waals surface area contributed by atoms with E-state index in [4.69, 9.17) is 5.11 Å². The van der Waals surface area contributed by atoms with Gasteiger partial charge in [0.25, 0.3) is 0 Å². The number of carbonyl (C=O) groups is 3. The first-order valence-corrected chi connectivity index (χ1v) is 6.14. The first kappa shape index (κ1) is 17.2. The van der Waals surface area contributed by atoms with Gasteiger partial charge in [0, 0.05) is 12.5 Å². The zero-order valence-electron chi connectivity index (χ0n) is 11.7. The summed E-state index contributed by atoms with van der Waals surface area (Å²) in [4.78, 5) is 33.5. The first-order valence-electron chi connectivity index (χ1n) is 6.14. The molecule has 0 spiro atoms. The van der Waals surface area contributed by atoms with Crippen LogP contribution in [0.3, 0.4) is 0 Å². The molecule has 0 rings (SSSR count). The summed E-state index contributed by atoms with van der Waals surface area (Å²) in [6.07, 6.45) is -0.0705. The second-order valence-electron chi connectivity index (χ2n) is 4.66. The smallest absolute Gasteiger partial charge is 0.326 e. The predicted molar refractivity (Wildman–Crippen MR) is 68.6 cm³/mol. The van der Waals surface area contributed by atoms with Crippen LogP contribution in [-0.2, 0) is 14.3 Å². The molecule has 0 saturated heterocycles. The lowest BCUT2D eigenvalue weighted by Crippen LogP contribution is -2.49. The number of carboxylic acid groups (broad SMARTS) is 1. The van der Waals surface area contributed by atoms with Crippen molar-refractivity contribution in [1.29, 1.82) is 0 Å². The highest BCUT2D eigenvalue weighted by molar-refractivity contribution is 5.83. The van der Waals surface area contributed by atoms with Gasteiger partial charge in [0.15, 0.2) is 0 Å². The van der Waals surface area contributed by atoms with E-state index in [0.29, 0.717) is 0 Å². The van der Waals surface area contributed by atoms with E-state index in [-0.39, 0.29) is 24.8 Å². The van der Waals surface area contributed by atoms with Crippen molar-refractivity contribution in [2.45, 2.75) is 45.7 Å². The summed E-state index contributed by atoms with van der Waals surface area (Å²) in [5.74, 6) is -1.45. The van der Waals surface area contributed by atoms with Crippen LogP contribution >= 0.6 is 0 Å². The summed E-state index contributed by atoms with van der Waals surface area (Å²) in [6.45, 7) is 5.71. The van der Waals surface area contributed by atoms with Gasteiger partial charge in [0.1, 0.15) is 6.04 Å². The highest BCUT2D eigenvalue weighted by atomic mass is 16.5. The van der Waals surface area contributed by atoms with Gasteiger partial charge in [-0.1, -0.05) is 13.8 Å². The summed E-state index contributed by atoms with van der Waals surface area (Å²) in [5, 5.41) is 13.9. The second-order valence-corrected chi connectivity index (χ2v) is 4.66. The number of ether oxygens (including phenoxy) is 1.